The van der Waals surface area contributed by atoms with E-state index in [-0.39, 0.29) is 12.4 Å². The summed E-state index contributed by atoms with van der Waals surface area (Å²) >= 11 is 0. The molecule has 0 fully saturated rings. The van der Waals surface area contributed by atoms with Crippen molar-refractivity contribution in [1.82, 2.24) is 0 Å². The Morgan fingerprint density at radius 2 is 2.50 bits per heavy atom. The van der Waals surface area contributed by atoms with Gasteiger partial charge >= 0.3 is 0 Å². The number of hydrogen-bond donors (Lipinski definition) is 2. The molecule has 0 saturated carbocycles. The van der Waals surface area contributed by atoms with Crippen molar-refractivity contribution in [3.63, 3.8) is 0 Å². The normalized spacial score (nSPS) is 31.2. The molecule has 10 heavy (non-hydrogen) atoms. The lowest BCUT2D eigenvalue weighted by molar-refractivity contribution is -0.108. The van der Waals surface area contributed by atoms with Crippen molar-refractivity contribution in [3.05, 3.63) is 11.8 Å². The molecule has 0 aliphatic carbocycles. The molecular weight excluding hydrogens is 136 g/mol. The Kier molecular flexibility index (Phi) is 2.03. The second kappa shape index (κ2) is 2.81. The molecule has 0 aromatic rings. The number of carbonyl (C=O) groups excluding carboxylic acids is 1. The molecule has 56 valence electrons. The maximum atomic E-state index is 10.0. The van der Waals surface area contributed by atoms with E-state index in [2.05, 4.69) is 0 Å². The highest BCUT2D eigenvalue weighted by molar-refractivity contribution is 5.71. The van der Waals surface area contributed by atoms with Crippen LogP contribution in [-0.2, 0) is 9.53 Å². The molecule has 0 aromatic heterocycles. The molecule has 0 aromatic carbocycles. The first-order valence-corrected chi connectivity index (χ1v) is 2.90. The molecule has 0 radical (unpaired) electrons. The zero-order valence-electron chi connectivity index (χ0n) is 5.23. The molecular formula is C6H8O4. The summed E-state index contributed by atoms with van der Waals surface area (Å²) in [6, 6.07) is 0. The van der Waals surface area contributed by atoms with Gasteiger partial charge in [0.1, 0.15) is 6.10 Å². The van der Waals surface area contributed by atoms with E-state index in [9.17, 15) is 4.79 Å². The fraction of sp³-hybridized carbons (Fsp3) is 0.500. The van der Waals surface area contributed by atoms with Crippen LogP contribution in [0.25, 0.3) is 0 Å². The van der Waals surface area contributed by atoms with Gasteiger partial charge in [-0.3, -0.25) is 4.79 Å². The molecule has 2 N–H and O–H groups in total. The van der Waals surface area contributed by atoms with Gasteiger partial charge in [-0.2, -0.15) is 0 Å². The van der Waals surface area contributed by atoms with Crippen LogP contribution in [0.1, 0.15) is 0 Å². The smallest absolute Gasteiger partial charge is 0.184 e. The fourth-order valence-corrected chi connectivity index (χ4v) is 0.772. The van der Waals surface area contributed by atoms with Gasteiger partial charge in [0.05, 0.1) is 6.61 Å². The van der Waals surface area contributed by atoms with Crippen molar-refractivity contribution >= 4 is 6.29 Å². The topological polar surface area (TPSA) is 66.8 Å². The highest BCUT2D eigenvalue weighted by atomic mass is 16.5. The summed E-state index contributed by atoms with van der Waals surface area (Å²) in [6.45, 7) is -0.283. The van der Waals surface area contributed by atoms with E-state index in [0.29, 0.717) is 6.29 Å². The summed E-state index contributed by atoms with van der Waals surface area (Å²) in [6.07, 6.45) is 0.248. The molecule has 4 nitrogen and oxygen atoms in total. The van der Waals surface area contributed by atoms with E-state index in [4.69, 9.17) is 14.9 Å². The van der Waals surface area contributed by atoms with Crippen LogP contribution in [0.4, 0.5) is 0 Å². The summed E-state index contributed by atoms with van der Waals surface area (Å²) in [7, 11) is 0. The van der Waals surface area contributed by atoms with Crippen molar-refractivity contribution in [3.8, 4) is 0 Å². The Morgan fingerprint density at radius 1 is 1.80 bits per heavy atom. The first-order chi connectivity index (χ1) is 4.77. The lowest BCUT2D eigenvalue weighted by Crippen LogP contribution is -2.25. The molecule has 0 saturated heterocycles. The Labute approximate surface area is 57.7 Å². The lowest BCUT2D eigenvalue weighted by Gasteiger charge is -2.10. The SMILES string of the molecule is O=CC1=C[C@H](O)C(CO)O1. The summed E-state index contributed by atoms with van der Waals surface area (Å²) in [4.78, 5) is 10.0. The number of hydrogen-bond acceptors (Lipinski definition) is 4. The van der Waals surface area contributed by atoms with E-state index in [1.54, 1.807) is 0 Å². The molecule has 1 heterocycles. The van der Waals surface area contributed by atoms with Gasteiger partial charge in [0.25, 0.3) is 0 Å². The summed E-state index contributed by atoms with van der Waals surface area (Å²) in [5.74, 6) is 0.0894. The molecule has 4 heteroatoms. The average Bonchev–Trinajstić information content (AvgIpc) is 2.30. The van der Waals surface area contributed by atoms with Crippen LogP contribution in [0.5, 0.6) is 0 Å². The molecule has 0 amide bonds. The van der Waals surface area contributed by atoms with Gasteiger partial charge in [-0.05, 0) is 6.08 Å². The van der Waals surface area contributed by atoms with Crippen molar-refractivity contribution < 1.29 is 19.7 Å². The van der Waals surface area contributed by atoms with Crippen LogP contribution in [0.3, 0.4) is 0 Å². The van der Waals surface area contributed by atoms with Gasteiger partial charge in [-0.15, -0.1) is 0 Å². The summed E-state index contributed by atoms with van der Waals surface area (Å²) < 4.78 is 4.77. The molecule has 0 bridgehead atoms. The van der Waals surface area contributed by atoms with Crippen LogP contribution >= 0.6 is 0 Å². The average molecular weight is 144 g/mol. The Bertz CT molecular complexity index is 163. The number of rotatable bonds is 2. The highest BCUT2D eigenvalue weighted by Crippen LogP contribution is 2.14. The largest absolute Gasteiger partial charge is 0.482 e. The zero-order valence-corrected chi connectivity index (χ0v) is 5.23. The number of ether oxygens (including phenoxy) is 1. The minimum absolute atomic E-state index is 0.0894. The van der Waals surface area contributed by atoms with E-state index in [1.165, 1.54) is 6.08 Å². The van der Waals surface area contributed by atoms with Crippen molar-refractivity contribution in [2.24, 2.45) is 0 Å². The van der Waals surface area contributed by atoms with Gasteiger partial charge in [0.15, 0.2) is 18.1 Å². The standard InChI is InChI=1S/C6H8O4/c7-2-4-1-5(9)6(3-8)10-4/h1-2,5-6,8-9H,3H2/t5-,6?/m0/s1. The predicted molar refractivity (Wildman–Crippen MR) is 32.1 cm³/mol. The van der Waals surface area contributed by atoms with Gasteiger partial charge in [0.2, 0.25) is 0 Å². The Morgan fingerprint density at radius 3 is 2.80 bits per heavy atom. The van der Waals surface area contributed by atoms with Crippen LogP contribution in [0, 0.1) is 0 Å². The Balaban J connectivity index is 2.56. The number of carbonyl (C=O) groups is 1. The highest BCUT2D eigenvalue weighted by Gasteiger charge is 2.25. The van der Waals surface area contributed by atoms with Crippen molar-refractivity contribution in [2.45, 2.75) is 12.2 Å². The van der Waals surface area contributed by atoms with Crippen LogP contribution in [0.15, 0.2) is 11.8 Å². The molecule has 1 unspecified atom stereocenters. The van der Waals surface area contributed by atoms with Gasteiger partial charge in [-0.25, -0.2) is 0 Å². The fourth-order valence-electron chi connectivity index (χ4n) is 0.772. The summed E-state index contributed by atoms with van der Waals surface area (Å²) in [5.41, 5.74) is 0. The quantitative estimate of drug-likeness (QED) is 0.479. The maximum Gasteiger partial charge on any atom is 0.184 e. The van der Waals surface area contributed by atoms with Crippen molar-refractivity contribution in [2.75, 3.05) is 6.61 Å². The molecule has 1 aliphatic heterocycles. The number of allylic oxidation sites excluding steroid dienone is 1. The monoisotopic (exact) mass is 144 g/mol. The maximum absolute atomic E-state index is 10.0. The zero-order chi connectivity index (χ0) is 7.56. The number of aliphatic hydroxyl groups excluding tert-OH is 2. The van der Waals surface area contributed by atoms with E-state index in [1.807, 2.05) is 0 Å². The third-order valence-electron chi connectivity index (χ3n) is 1.30. The molecule has 2 atom stereocenters. The minimum Gasteiger partial charge on any atom is -0.482 e. The first kappa shape index (κ1) is 7.24. The third-order valence-corrected chi connectivity index (χ3v) is 1.30. The minimum atomic E-state index is -0.856. The molecule has 0 spiro atoms. The van der Waals surface area contributed by atoms with Gasteiger partial charge in [-0.1, -0.05) is 0 Å². The van der Waals surface area contributed by atoms with E-state index >= 15 is 0 Å². The van der Waals surface area contributed by atoms with Gasteiger partial charge in [0, 0.05) is 0 Å². The number of aldehydes is 1. The number of aliphatic hydroxyl groups is 2. The van der Waals surface area contributed by atoms with E-state index < -0.39 is 12.2 Å². The summed E-state index contributed by atoms with van der Waals surface area (Å²) in [5, 5.41) is 17.5. The van der Waals surface area contributed by atoms with E-state index in [0.717, 1.165) is 0 Å². The van der Waals surface area contributed by atoms with Crippen LogP contribution in [-0.4, -0.2) is 35.3 Å². The first-order valence-electron chi connectivity index (χ1n) is 2.90. The van der Waals surface area contributed by atoms with Crippen LogP contribution in [0.2, 0.25) is 0 Å². The second-order valence-corrected chi connectivity index (χ2v) is 2.02. The second-order valence-electron chi connectivity index (χ2n) is 2.02. The third kappa shape index (κ3) is 1.17. The molecule has 1 rings (SSSR count). The molecule has 1 aliphatic rings. The van der Waals surface area contributed by atoms with Crippen LogP contribution < -0.4 is 0 Å². The lowest BCUT2D eigenvalue weighted by atomic mass is 10.2. The Hall–Kier alpha value is -0.870. The van der Waals surface area contributed by atoms with Crippen molar-refractivity contribution in [1.29, 1.82) is 0 Å². The van der Waals surface area contributed by atoms with Gasteiger partial charge < -0.3 is 14.9 Å². The predicted octanol–water partition coefficient (Wildman–Crippen LogP) is -1.18.